The third kappa shape index (κ3) is 6.90. The van der Waals surface area contributed by atoms with Crippen LogP contribution in [0.5, 0.6) is 23.0 Å². The van der Waals surface area contributed by atoms with E-state index in [1.807, 2.05) is 25.1 Å². The number of nitrogens with zero attached hydrogens (tertiary/aromatic N) is 2. The zero-order valence-electron chi connectivity index (χ0n) is 23.6. The third-order valence-electron chi connectivity index (χ3n) is 6.86. The van der Waals surface area contributed by atoms with Gasteiger partial charge in [0.15, 0.2) is 28.2 Å². The van der Waals surface area contributed by atoms with E-state index in [2.05, 4.69) is 10.6 Å². The Bertz CT molecular complexity index is 1510. The molecule has 1 aromatic heterocycles. The molecule has 0 fully saturated rings. The number of aromatic nitrogens is 2. The average molecular weight is 599 g/mol. The summed E-state index contributed by atoms with van der Waals surface area (Å²) in [7, 11) is 1.62. The molecule has 0 aliphatic carbocycles. The van der Waals surface area contributed by atoms with Gasteiger partial charge in [-0.2, -0.15) is 0 Å². The molecule has 3 heterocycles. The van der Waals surface area contributed by atoms with E-state index in [9.17, 15) is 14.4 Å². The van der Waals surface area contributed by atoms with E-state index in [0.29, 0.717) is 78.0 Å². The maximum Gasteiger partial charge on any atom is 0.262 e. The third-order valence-corrected chi connectivity index (χ3v) is 8.22. The van der Waals surface area contributed by atoms with Gasteiger partial charge in [-0.05, 0) is 43.0 Å². The number of rotatable bonds is 14. The van der Waals surface area contributed by atoms with Gasteiger partial charge in [-0.3, -0.25) is 19.0 Å². The smallest absolute Gasteiger partial charge is 0.262 e. The Morgan fingerprint density at radius 3 is 2.52 bits per heavy atom. The highest BCUT2D eigenvalue weighted by molar-refractivity contribution is 8.00. The number of hydrogen-bond donors (Lipinski definition) is 2. The fraction of sp³-hybridized carbons (Fsp3) is 0.448. The molecule has 1 atom stereocenters. The van der Waals surface area contributed by atoms with Crippen LogP contribution in [-0.2, 0) is 27.4 Å². The number of carbonyl (C=O) groups excluding carboxylic acids is 2. The summed E-state index contributed by atoms with van der Waals surface area (Å²) < 4.78 is 28.3. The van der Waals surface area contributed by atoms with E-state index in [0.717, 1.165) is 5.56 Å². The fourth-order valence-corrected chi connectivity index (χ4v) is 5.67. The molecule has 12 nitrogen and oxygen atoms in total. The molecule has 3 aromatic rings. The number of benzene rings is 2. The molecule has 2 aliphatic rings. The SMILES string of the molecule is CC[C@H](Sc1nc2cc3c(cc2c(=O)n1CCCC(=O)NCc1ccc2c(c1)OCO2)OCO3)C(=O)NCCCOC. The highest BCUT2D eigenvalue weighted by Crippen LogP contribution is 2.36. The van der Waals surface area contributed by atoms with Crippen LogP contribution in [-0.4, -0.2) is 60.5 Å². The minimum atomic E-state index is -0.456. The van der Waals surface area contributed by atoms with E-state index in [-0.39, 0.29) is 43.9 Å². The van der Waals surface area contributed by atoms with E-state index in [1.54, 1.807) is 23.8 Å². The van der Waals surface area contributed by atoms with Crippen LogP contribution in [0.2, 0.25) is 0 Å². The Hall–Kier alpha value is -3.97. The van der Waals surface area contributed by atoms with Gasteiger partial charge >= 0.3 is 0 Å². The normalized spacial score (nSPS) is 13.8. The number of ether oxygens (including phenoxy) is 5. The molecule has 42 heavy (non-hydrogen) atoms. The largest absolute Gasteiger partial charge is 0.454 e. The number of carbonyl (C=O) groups is 2. The topological polar surface area (TPSA) is 139 Å². The van der Waals surface area contributed by atoms with Crippen molar-refractivity contribution in [1.29, 1.82) is 0 Å². The lowest BCUT2D eigenvalue weighted by atomic mass is 10.2. The summed E-state index contributed by atoms with van der Waals surface area (Å²) in [6, 6.07) is 8.85. The highest BCUT2D eigenvalue weighted by atomic mass is 32.2. The second kappa shape index (κ2) is 13.8. The van der Waals surface area contributed by atoms with Crippen LogP contribution in [0.3, 0.4) is 0 Å². The Morgan fingerprint density at radius 2 is 1.76 bits per heavy atom. The summed E-state index contributed by atoms with van der Waals surface area (Å²) in [5, 5.41) is 6.18. The van der Waals surface area contributed by atoms with Crippen molar-refractivity contribution in [2.45, 2.75) is 56.1 Å². The molecule has 224 valence electrons. The molecule has 0 saturated heterocycles. The number of hydrogen-bond acceptors (Lipinski definition) is 10. The predicted molar refractivity (Wildman–Crippen MR) is 155 cm³/mol. The van der Waals surface area contributed by atoms with Gasteiger partial charge in [-0.15, -0.1) is 0 Å². The molecule has 2 aromatic carbocycles. The molecule has 0 saturated carbocycles. The van der Waals surface area contributed by atoms with Crippen molar-refractivity contribution in [2.75, 3.05) is 33.8 Å². The number of amides is 2. The van der Waals surface area contributed by atoms with Crippen molar-refractivity contribution >= 4 is 34.5 Å². The average Bonchev–Trinajstić information content (AvgIpc) is 3.66. The molecule has 0 spiro atoms. The Kier molecular flexibility index (Phi) is 9.70. The Labute approximate surface area is 247 Å². The van der Waals surface area contributed by atoms with E-state index in [1.165, 1.54) is 11.8 Å². The maximum absolute atomic E-state index is 13.7. The summed E-state index contributed by atoms with van der Waals surface area (Å²) in [5.74, 6) is 2.07. The quantitative estimate of drug-likeness (QED) is 0.162. The van der Waals surface area contributed by atoms with Gasteiger partial charge in [0.2, 0.25) is 25.4 Å². The van der Waals surface area contributed by atoms with Crippen LogP contribution in [0.25, 0.3) is 10.9 Å². The molecule has 2 N–H and O–H groups in total. The number of methoxy groups -OCH3 is 1. The molecule has 0 bridgehead atoms. The molecule has 0 radical (unpaired) electrons. The molecule has 0 unspecified atom stereocenters. The number of nitrogens with one attached hydrogen (secondary N) is 2. The molecule has 5 rings (SSSR count). The molecule has 2 aliphatic heterocycles. The summed E-state index contributed by atoms with van der Waals surface area (Å²) in [6.07, 6.45) is 1.85. The summed E-state index contributed by atoms with van der Waals surface area (Å²) in [5.41, 5.74) is 1.09. The predicted octanol–water partition coefficient (Wildman–Crippen LogP) is 2.97. The first-order valence-corrected chi connectivity index (χ1v) is 14.8. The van der Waals surface area contributed by atoms with E-state index in [4.69, 9.17) is 28.7 Å². The van der Waals surface area contributed by atoms with E-state index >= 15 is 0 Å². The van der Waals surface area contributed by atoms with Crippen molar-refractivity contribution in [1.82, 2.24) is 20.2 Å². The van der Waals surface area contributed by atoms with Gasteiger partial charge in [0, 0.05) is 45.8 Å². The van der Waals surface area contributed by atoms with Crippen LogP contribution in [0.15, 0.2) is 40.3 Å². The van der Waals surface area contributed by atoms with Gasteiger partial charge < -0.3 is 34.3 Å². The van der Waals surface area contributed by atoms with Gasteiger partial charge in [0.1, 0.15) is 0 Å². The van der Waals surface area contributed by atoms with Crippen LogP contribution in [0.1, 0.15) is 38.2 Å². The lowest BCUT2D eigenvalue weighted by Crippen LogP contribution is -2.34. The Morgan fingerprint density at radius 1 is 1.02 bits per heavy atom. The zero-order valence-corrected chi connectivity index (χ0v) is 24.4. The van der Waals surface area contributed by atoms with Crippen molar-refractivity contribution < 1.29 is 33.3 Å². The first-order chi connectivity index (χ1) is 20.5. The van der Waals surface area contributed by atoms with E-state index < -0.39 is 5.25 Å². The second-order valence-electron chi connectivity index (χ2n) is 9.79. The van der Waals surface area contributed by atoms with Gasteiger partial charge in [0.25, 0.3) is 5.56 Å². The first-order valence-electron chi connectivity index (χ1n) is 13.9. The lowest BCUT2D eigenvalue weighted by molar-refractivity contribution is -0.121. The first kappa shape index (κ1) is 29.5. The molecule has 13 heteroatoms. The second-order valence-corrected chi connectivity index (χ2v) is 11.0. The number of thioether (sulfide) groups is 1. The fourth-order valence-electron chi connectivity index (χ4n) is 4.61. The van der Waals surface area contributed by atoms with Gasteiger partial charge in [-0.1, -0.05) is 24.8 Å². The zero-order chi connectivity index (χ0) is 29.5. The number of fused-ring (bicyclic) bond motifs is 3. The maximum atomic E-state index is 13.7. The molecular weight excluding hydrogens is 564 g/mol. The minimum Gasteiger partial charge on any atom is -0.454 e. The standard InChI is InChI=1S/C29H34N4O8S/c1-3-25(27(35)30-9-5-11-37-2)42-29-32-20-14-24-23(40-17-41-24)13-19(20)28(36)33(29)10-4-6-26(34)31-15-18-7-8-21-22(12-18)39-16-38-21/h7-8,12-14,25H,3-6,9-11,15-17H2,1-2H3,(H,30,35)(H,31,34)/t25-/m0/s1. The van der Waals surface area contributed by atoms with Crippen molar-refractivity contribution in [3.8, 4) is 23.0 Å². The van der Waals surface area contributed by atoms with Crippen LogP contribution in [0, 0.1) is 0 Å². The van der Waals surface area contributed by atoms with Crippen LogP contribution < -0.4 is 35.1 Å². The van der Waals surface area contributed by atoms with Crippen LogP contribution >= 0.6 is 11.8 Å². The molecular formula is C29H34N4O8S. The van der Waals surface area contributed by atoms with Crippen molar-refractivity contribution in [3.63, 3.8) is 0 Å². The van der Waals surface area contributed by atoms with Gasteiger partial charge in [0.05, 0.1) is 16.2 Å². The van der Waals surface area contributed by atoms with Crippen molar-refractivity contribution in [2.24, 2.45) is 0 Å². The highest BCUT2D eigenvalue weighted by Gasteiger charge is 2.24. The molecule has 2 amide bonds. The van der Waals surface area contributed by atoms with Crippen molar-refractivity contribution in [3.05, 3.63) is 46.2 Å². The van der Waals surface area contributed by atoms with Gasteiger partial charge in [-0.25, -0.2) is 4.98 Å². The monoisotopic (exact) mass is 598 g/mol. The minimum absolute atomic E-state index is 0.0734. The Balaban J connectivity index is 1.28. The summed E-state index contributed by atoms with van der Waals surface area (Å²) >= 11 is 1.24. The summed E-state index contributed by atoms with van der Waals surface area (Å²) in [4.78, 5) is 44.0. The summed E-state index contributed by atoms with van der Waals surface area (Å²) in [6.45, 7) is 3.82. The lowest BCUT2D eigenvalue weighted by Gasteiger charge is -2.18. The van der Waals surface area contributed by atoms with Crippen LogP contribution in [0.4, 0.5) is 0 Å².